The van der Waals surface area contributed by atoms with Gasteiger partial charge in [-0.1, -0.05) is 38.0 Å². The molecule has 0 bridgehead atoms. The van der Waals surface area contributed by atoms with Crippen molar-refractivity contribution in [1.82, 2.24) is 20.2 Å². The molecule has 0 radical (unpaired) electrons. The Hall–Kier alpha value is -3.10. The molecule has 0 aliphatic heterocycles. The second kappa shape index (κ2) is 16.3. The van der Waals surface area contributed by atoms with Crippen LogP contribution < -0.4 is 20.7 Å². The summed E-state index contributed by atoms with van der Waals surface area (Å²) in [7, 11) is 4.38. The van der Waals surface area contributed by atoms with Crippen LogP contribution in [0.2, 0.25) is 0 Å². The Bertz CT molecular complexity index is 1210. The molecule has 1 heterocycles. The number of hydrogen-bond donors (Lipinski definition) is 3. The molecule has 242 valence electrons. The van der Waals surface area contributed by atoms with Gasteiger partial charge in [-0.3, -0.25) is 0 Å². The fraction of sp³-hybridized carbons (Fsp3) is 0.667. The summed E-state index contributed by atoms with van der Waals surface area (Å²) in [4.78, 5) is 11.1. The number of halogens is 3. The number of nitrogens with zero attached hydrogens (tertiary/aromatic N) is 4. The lowest BCUT2D eigenvalue weighted by Gasteiger charge is -2.36. The average molecular weight is 616 g/mol. The van der Waals surface area contributed by atoms with E-state index in [1.54, 1.807) is 12.1 Å². The maximum absolute atomic E-state index is 12.8. The quantitative estimate of drug-likeness (QED) is 0.213. The highest BCUT2D eigenvalue weighted by Gasteiger charge is 2.32. The molecule has 2 aromatic rings. The first kappa shape index (κ1) is 33.8. The van der Waals surface area contributed by atoms with E-state index in [0.29, 0.717) is 41.2 Å². The molecular weight excluding hydrogens is 567 g/mol. The topological polar surface area (TPSA) is 98.1 Å². The molecule has 3 atom stereocenters. The van der Waals surface area contributed by atoms with Gasteiger partial charge in [-0.05, 0) is 102 Å². The smallest absolute Gasteiger partial charge is 0.405 e. The summed E-state index contributed by atoms with van der Waals surface area (Å²) in [5.74, 6) is 2.94. The molecule has 1 unspecified atom stereocenters. The molecule has 0 amide bonds. The van der Waals surface area contributed by atoms with Crippen molar-refractivity contribution in [2.75, 3.05) is 44.4 Å². The summed E-state index contributed by atoms with van der Waals surface area (Å²) in [6.45, 7) is 5.15. The number of alkyl halides is 3. The summed E-state index contributed by atoms with van der Waals surface area (Å²) < 4.78 is 42.6. The number of benzene rings is 1. The van der Waals surface area contributed by atoms with Crippen LogP contribution in [-0.2, 0) is 6.54 Å². The van der Waals surface area contributed by atoms with Gasteiger partial charge in [-0.2, -0.15) is 10.2 Å². The zero-order valence-electron chi connectivity index (χ0n) is 26.3. The number of rotatable bonds is 14. The first-order valence-corrected chi connectivity index (χ1v) is 16.1. The Kier molecular flexibility index (Phi) is 12.5. The lowest BCUT2D eigenvalue weighted by atomic mass is 9.73. The molecular formula is C33H48F3N7O. The third-order valence-corrected chi connectivity index (χ3v) is 9.21. The van der Waals surface area contributed by atoms with Crippen LogP contribution in [0.1, 0.15) is 75.8 Å². The SMILES string of the molecule is CCCC1C[C@@H](CNCC2CCC(N(C)C)CC2)C[C@H](CNc2nc(NCc3ccccc3OC(F)(F)F)ncc2C#N)C1. The molecule has 44 heavy (non-hydrogen) atoms. The normalized spacial score (nSPS) is 24.1. The van der Waals surface area contributed by atoms with Crippen LogP contribution in [0.5, 0.6) is 5.75 Å². The van der Waals surface area contributed by atoms with E-state index < -0.39 is 6.36 Å². The summed E-state index contributed by atoms with van der Waals surface area (Å²) in [6, 6.07) is 8.82. The summed E-state index contributed by atoms with van der Waals surface area (Å²) >= 11 is 0. The predicted octanol–water partition coefficient (Wildman–Crippen LogP) is 6.81. The highest BCUT2D eigenvalue weighted by Crippen LogP contribution is 2.36. The minimum absolute atomic E-state index is 0.0324. The average Bonchev–Trinajstić information content (AvgIpc) is 2.99. The van der Waals surface area contributed by atoms with E-state index in [1.165, 1.54) is 63.3 Å². The van der Waals surface area contributed by atoms with Crippen LogP contribution in [0.15, 0.2) is 30.5 Å². The number of anilines is 2. The van der Waals surface area contributed by atoms with Crippen molar-refractivity contribution in [2.45, 2.75) is 83.7 Å². The van der Waals surface area contributed by atoms with Crippen molar-refractivity contribution in [3.63, 3.8) is 0 Å². The zero-order valence-corrected chi connectivity index (χ0v) is 26.3. The van der Waals surface area contributed by atoms with Crippen LogP contribution in [0.4, 0.5) is 24.9 Å². The summed E-state index contributed by atoms with van der Waals surface area (Å²) in [5, 5.41) is 19.9. The van der Waals surface area contributed by atoms with Gasteiger partial charge in [-0.25, -0.2) is 4.98 Å². The van der Waals surface area contributed by atoms with Gasteiger partial charge in [0.05, 0.1) is 6.20 Å². The van der Waals surface area contributed by atoms with Crippen LogP contribution in [0.3, 0.4) is 0 Å². The fourth-order valence-electron chi connectivity index (χ4n) is 7.01. The number of para-hydroxylation sites is 1. The van der Waals surface area contributed by atoms with E-state index in [9.17, 15) is 18.4 Å². The predicted molar refractivity (Wildman–Crippen MR) is 167 cm³/mol. The fourth-order valence-corrected chi connectivity index (χ4v) is 7.01. The number of nitriles is 1. The zero-order chi connectivity index (χ0) is 31.5. The molecule has 1 aromatic heterocycles. The first-order chi connectivity index (χ1) is 21.1. The largest absolute Gasteiger partial charge is 0.573 e. The monoisotopic (exact) mass is 615 g/mol. The van der Waals surface area contributed by atoms with Gasteiger partial charge in [-0.15, -0.1) is 13.2 Å². The van der Waals surface area contributed by atoms with Gasteiger partial charge in [0, 0.05) is 24.7 Å². The van der Waals surface area contributed by atoms with Crippen LogP contribution in [0.25, 0.3) is 0 Å². The minimum atomic E-state index is -4.78. The lowest BCUT2D eigenvalue weighted by Crippen LogP contribution is -2.37. The molecule has 2 saturated carbocycles. The second-order valence-electron chi connectivity index (χ2n) is 12.8. The Balaban J connectivity index is 1.31. The van der Waals surface area contributed by atoms with E-state index in [1.807, 2.05) is 0 Å². The Morgan fingerprint density at radius 2 is 1.64 bits per heavy atom. The van der Waals surface area contributed by atoms with E-state index in [4.69, 9.17) is 0 Å². The Morgan fingerprint density at radius 3 is 2.32 bits per heavy atom. The minimum Gasteiger partial charge on any atom is -0.405 e. The van der Waals surface area contributed by atoms with Gasteiger partial charge in [0.25, 0.3) is 0 Å². The number of aromatic nitrogens is 2. The molecule has 4 rings (SSSR count). The van der Waals surface area contributed by atoms with Gasteiger partial charge < -0.3 is 25.6 Å². The molecule has 0 spiro atoms. The molecule has 0 saturated heterocycles. The van der Waals surface area contributed by atoms with E-state index in [0.717, 1.165) is 37.9 Å². The van der Waals surface area contributed by atoms with Crippen molar-refractivity contribution >= 4 is 11.8 Å². The van der Waals surface area contributed by atoms with Crippen LogP contribution >= 0.6 is 0 Å². The van der Waals surface area contributed by atoms with Crippen LogP contribution in [0, 0.1) is 35.0 Å². The van der Waals surface area contributed by atoms with Gasteiger partial charge in [0.15, 0.2) is 0 Å². The summed E-state index contributed by atoms with van der Waals surface area (Å²) in [6.07, 6.45) is 7.79. The molecule has 2 aliphatic rings. The Morgan fingerprint density at radius 1 is 0.955 bits per heavy atom. The van der Waals surface area contributed by atoms with Gasteiger partial charge >= 0.3 is 6.36 Å². The number of nitrogens with one attached hydrogen (secondary N) is 3. The van der Waals surface area contributed by atoms with Crippen molar-refractivity contribution < 1.29 is 17.9 Å². The number of ether oxygens (including phenoxy) is 1. The molecule has 2 aliphatic carbocycles. The standard InChI is InChI=1S/C33H48F3N7O/c1-4-7-24-14-25(19-38-18-23-10-12-29(13-11-23)43(2)3)16-26(15-24)20-39-31-28(17-37)22-41-32(42-31)40-21-27-8-5-6-9-30(27)44-33(34,35)36/h5-6,8-9,22-26,29,38H,4,7,10-16,18-21H2,1-3H3,(H2,39,40,41,42)/t23?,24?,25-,26-,29?/m1/s1. The third kappa shape index (κ3) is 10.5. The van der Waals surface area contributed by atoms with Crippen molar-refractivity contribution in [3.05, 3.63) is 41.6 Å². The van der Waals surface area contributed by atoms with Crippen molar-refractivity contribution in [2.24, 2.45) is 23.7 Å². The highest BCUT2D eigenvalue weighted by atomic mass is 19.4. The second-order valence-corrected chi connectivity index (χ2v) is 12.8. The Labute approximate surface area is 260 Å². The lowest BCUT2D eigenvalue weighted by molar-refractivity contribution is -0.274. The highest BCUT2D eigenvalue weighted by molar-refractivity contribution is 5.53. The van der Waals surface area contributed by atoms with E-state index in [-0.39, 0.29) is 18.2 Å². The third-order valence-electron chi connectivity index (χ3n) is 9.21. The van der Waals surface area contributed by atoms with Crippen LogP contribution in [-0.4, -0.2) is 61.0 Å². The van der Waals surface area contributed by atoms with E-state index in [2.05, 4.69) is 62.6 Å². The van der Waals surface area contributed by atoms with Gasteiger partial charge in [0.1, 0.15) is 23.2 Å². The molecule has 3 N–H and O–H groups in total. The maximum Gasteiger partial charge on any atom is 0.573 e. The van der Waals surface area contributed by atoms with Crippen molar-refractivity contribution in [3.8, 4) is 11.8 Å². The van der Waals surface area contributed by atoms with Crippen molar-refractivity contribution in [1.29, 1.82) is 5.26 Å². The molecule has 11 heteroatoms. The number of hydrogen-bond acceptors (Lipinski definition) is 8. The molecule has 1 aromatic carbocycles. The molecule has 8 nitrogen and oxygen atoms in total. The van der Waals surface area contributed by atoms with Gasteiger partial charge in [0.2, 0.25) is 5.95 Å². The first-order valence-electron chi connectivity index (χ1n) is 16.1. The summed E-state index contributed by atoms with van der Waals surface area (Å²) in [5.41, 5.74) is 0.650. The maximum atomic E-state index is 12.8. The molecule has 2 fully saturated rings. The van der Waals surface area contributed by atoms with E-state index >= 15 is 0 Å².